The third-order valence-corrected chi connectivity index (χ3v) is 7.25. The van der Waals surface area contributed by atoms with Gasteiger partial charge in [0.25, 0.3) is 9.84 Å². The van der Waals surface area contributed by atoms with E-state index in [0.29, 0.717) is 5.39 Å². The Morgan fingerprint density at radius 3 is 1.84 bits per heavy atom. The third-order valence-electron chi connectivity index (χ3n) is 5.77. The molecule has 0 unspecified atom stereocenters. The van der Waals surface area contributed by atoms with Crippen LogP contribution < -0.4 is 0 Å². The van der Waals surface area contributed by atoms with Crippen LogP contribution in [0, 0.1) is 0 Å². The summed E-state index contributed by atoms with van der Waals surface area (Å²) in [6.07, 6.45) is 11.2. The molecule has 2 nitrogen and oxygen atoms in total. The smallest absolute Gasteiger partial charge is 0.214 e. The molecule has 3 aromatic carbocycles. The van der Waals surface area contributed by atoms with Gasteiger partial charge < -0.3 is 0 Å². The number of hydrogen-bond acceptors (Lipinski definition) is 2. The number of halogens is 3. The molecule has 0 bridgehead atoms. The second-order valence-corrected chi connectivity index (χ2v) is 10.2. The average Bonchev–Trinajstić information content (AvgIpc) is 2.72. The molecule has 3 aromatic rings. The summed E-state index contributed by atoms with van der Waals surface area (Å²) in [5.74, 6) is 0. The summed E-state index contributed by atoms with van der Waals surface area (Å²) in [6.45, 7) is 2.22. The van der Waals surface area contributed by atoms with Crippen LogP contribution in [-0.4, -0.2) is 13.9 Å². The first-order chi connectivity index (χ1) is 14.7. The summed E-state index contributed by atoms with van der Waals surface area (Å²) in [6, 6.07) is 13.4. The Kier molecular flexibility index (Phi) is 7.63. The third kappa shape index (κ3) is 5.79. The number of alkyl halides is 3. The molecule has 0 atom stereocenters. The average molecular weight is 451 g/mol. The van der Waals surface area contributed by atoms with Crippen LogP contribution in [-0.2, 0) is 16.3 Å². The highest BCUT2D eigenvalue weighted by molar-refractivity contribution is 7.92. The van der Waals surface area contributed by atoms with E-state index in [4.69, 9.17) is 0 Å². The van der Waals surface area contributed by atoms with Gasteiger partial charge in [-0.15, -0.1) is 0 Å². The first-order valence-electron chi connectivity index (χ1n) is 11.0. The van der Waals surface area contributed by atoms with Crippen molar-refractivity contribution >= 4 is 31.4 Å². The Labute approximate surface area is 182 Å². The topological polar surface area (TPSA) is 34.1 Å². The van der Waals surface area contributed by atoms with Gasteiger partial charge in [-0.05, 0) is 64.2 Å². The Bertz CT molecular complexity index is 1130. The van der Waals surface area contributed by atoms with Crippen molar-refractivity contribution in [2.45, 2.75) is 75.1 Å². The first kappa shape index (κ1) is 23.6. The van der Waals surface area contributed by atoms with E-state index < -0.39 is 20.2 Å². The molecule has 6 heteroatoms. The molecule has 0 saturated heterocycles. The Morgan fingerprint density at radius 2 is 1.23 bits per heavy atom. The molecule has 0 saturated carbocycles. The van der Waals surface area contributed by atoms with Gasteiger partial charge in [0.15, 0.2) is 0 Å². The molecule has 0 aliphatic heterocycles. The lowest BCUT2D eigenvalue weighted by atomic mass is 9.99. The molecule has 0 amide bonds. The summed E-state index contributed by atoms with van der Waals surface area (Å²) in [4.78, 5) is -0.724. The fraction of sp³-hybridized carbons (Fsp3) is 0.440. The van der Waals surface area contributed by atoms with E-state index in [1.165, 1.54) is 56.6 Å². The minimum absolute atomic E-state index is 0.480. The Morgan fingerprint density at radius 1 is 0.677 bits per heavy atom. The Balaban J connectivity index is 1.70. The predicted molar refractivity (Wildman–Crippen MR) is 121 cm³/mol. The summed E-state index contributed by atoms with van der Waals surface area (Å²) in [5, 5.41) is 3.09. The minimum atomic E-state index is -5.35. The summed E-state index contributed by atoms with van der Waals surface area (Å²) >= 11 is 0. The molecule has 0 radical (unpaired) electrons. The van der Waals surface area contributed by atoms with E-state index in [2.05, 4.69) is 13.0 Å². The van der Waals surface area contributed by atoms with Crippen LogP contribution in [0.25, 0.3) is 21.5 Å². The van der Waals surface area contributed by atoms with Gasteiger partial charge in [0, 0.05) is 0 Å². The SMILES string of the molecule is CCCCCCCCCCc1ccc2cc3cc(S(=O)(=O)C(F)(F)F)ccc3cc2c1. The van der Waals surface area contributed by atoms with Crippen molar-refractivity contribution in [3.8, 4) is 0 Å². The van der Waals surface area contributed by atoms with E-state index in [0.717, 1.165) is 41.1 Å². The fourth-order valence-electron chi connectivity index (χ4n) is 3.94. The molecule has 0 spiro atoms. The number of hydrogen-bond donors (Lipinski definition) is 0. The summed E-state index contributed by atoms with van der Waals surface area (Å²) in [7, 11) is -5.35. The van der Waals surface area contributed by atoms with Crippen LogP contribution in [0.1, 0.15) is 63.9 Å². The highest BCUT2D eigenvalue weighted by atomic mass is 32.2. The summed E-state index contributed by atoms with van der Waals surface area (Å²) < 4.78 is 61.9. The van der Waals surface area contributed by atoms with Crippen LogP contribution in [0.15, 0.2) is 53.4 Å². The lowest BCUT2D eigenvalue weighted by molar-refractivity contribution is -0.0435. The van der Waals surface area contributed by atoms with Gasteiger partial charge >= 0.3 is 5.51 Å². The number of benzene rings is 3. The van der Waals surface area contributed by atoms with Crippen molar-refractivity contribution in [1.82, 2.24) is 0 Å². The molecule has 0 N–H and O–H groups in total. The normalized spacial score (nSPS) is 12.6. The number of sulfone groups is 1. The van der Waals surface area contributed by atoms with Gasteiger partial charge in [0.1, 0.15) is 0 Å². The van der Waals surface area contributed by atoms with E-state index in [1.54, 1.807) is 6.07 Å². The van der Waals surface area contributed by atoms with Gasteiger partial charge in [0.2, 0.25) is 0 Å². The number of fused-ring (bicyclic) bond motifs is 2. The molecule has 0 aliphatic rings. The molecule has 0 heterocycles. The molecular formula is C25H29F3O2S. The monoisotopic (exact) mass is 450 g/mol. The van der Waals surface area contributed by atoms with Crippen LogP contribution in [0.5, 0.6) is 0 Å². The Hall–Kier alpha value is -2.08. The highest BCUT2D eigenvalue weighted by Gasteiger charge is 2.46. The first-order valence-corrected chi connectivity index (χ1v) is 12.5. The van der Waals surface area contributed by atoms with E-state index in [9.17, 15) is 21.6 Å². The minimum Gasteiger partial charge on any atom is -0.214 e. The van der Waals surface area contributed by atoms with Crippen LogP contribution in [0.4, 0.5) is 13.2 Å². The van der Waals surface area contributed by atoms with E-state index >= 15 is 0 Å². The maximum atomic E-state index is 12.8. The lowest BCUT2D eigenvalue weighted by Crippen LogP contribution is -2.23. The number of unbranched alkanes of at least 4 members (excludes halogenated alkanes) is 7. The highest BCUT2D eigenvalue weighted by Crippen LogP contribution is 2.33. The molecule has 0 aromatic heterocycles. The maximum Gasteiger partial charge on any atom is 0.501 e. The molecule has 0 fully saturated rings. The van der Waals surface area contributed by atoms with Gasteiger partial charge in [-0.1, -0.05) is 76.1 Å². The zero-order chi connectivity index (χ0) is 22.5. The largest absolute Gasteiger partial charge is 0.501 e. The van der Waals surface area contributed by atoms with Gasteiger partial charge in [-0.25, -0.2) is 8.42 Å². The number of aryl methyl sites for hydroxylation is 1. The molecule has 168 valence electrons. The number of rotatable bonds is 10. The van der Waals surface area contributed by atoms with Crippen molar-refractivity contribution in [2.24, 2.45) is 0 Å². The zero-order valence-electron chi connectivity index (χ0n) is 17.8. The molecular weight excluding hydrogens is 421 g/mol. The second-order valence-electron chi connectivity index (χ2n) is 8.22. The maximum absolute atomic E-state index is 12.8. The van der Waals surface area contributed by atoms with Crippen molar-refractivity contribution in [2.75, 3.05) is 0 Å². The molecule has 0 aliphatic carbocycles. The van der Waals surface area contributed by atoms with Gasteiger partial charge in [0.05, 0.1) is 4.90 Å². The summed E-state index contributed by atoms with van der Waals surface area (Å²) in [5.41, 5.74) is -4.06. The van der Waals surface area contributed by atoms with Crippen molar-refractivity contribution in [3.05, 3.63) is 54.1 Å². The van der Waals surface area contributed by atoms with E-state index in [1.807, 2.05) is 18.2 Å². The van der Waals surface area contributed by atoms with Crippen LogP contribution in [0.2, 0.25) is 0 Å². The van der Waals surface area contributed by atoms with Crippen molar-refractivity contribution in [3.63, 3.8) is 0 Å². The zero-order valence-corrected chi connectivity index (χ0v) is 18.7. The second kappa shape index (κ2) is 10.0. The van der Waals surface area contributed by atoms with Crippen LogP contribution >= 0.6 is 0 Å². The van der Waals surface area contributed by atoms with Gasteiger partial charge in [-0.2, -0.15) is 13.2 Å². The van der Waals surface area contributed by atoms with Crippen LogP contribution in [0.3, 0.4) is 0 Å². The standard InChI is InChI=1S/C25H29F3O2S/c1-2-3-4-5-6-7-8-9-10-19-11-12-20-17-23-18-24(31(29,30)25(26,27)28)14-13-21(23)16-22(20)15-19/h11-18H,2-10H2,1H3. The lowest BCUT2D eigenvalue weighted by Gasteiger charge is -2.10. The quantitative estimate of drug-likeness (QED) is 0.232. The predicted octanol–water partition coefficient (Wildman–Crippen LogP) is 7.97. The van der Waals surface area contributed by atoms with Crippen molar-refractivity contribution in [1.29, 1.82) is 0 Å². The van der Waals surface area contributed by atoms with E-state index in [-0.39, 0.29) is 0 Å². The van der Waals surface area contributed by atoms with Gasteiger partial charge in [-0.3, -0.25) is 0 Å². The fourth-order valence-corrected chi connectivity index (χ4v) is 4.74. The molecule has 31 heavy (non-hydrogen) atoms. The van der Waals surface area contributed by atoms with Crippen molar-refractivity contribution < 1.29 is 21.6 Å². The molecule has 3 rings (SSSR count).